The molecule has 6 aliphatic rings. The number of allylic oxidation sites excluding steroid dienone is 2. The molecule has 1 saturated heterocycles. The van der Waals surface area contributed by atoms with Crippen molar-refractivity contribution in [2.45, 2.75) is 131 Å². The molecule has 8 rings (SSSR count). The highest BCUT2D eigenvalue weighted by molar-refractivity contribution is 7.91. The summed E-state index contributed by atoms with van der Waals surface area (Å²) >= 11 is 0. The first-order valence-corrected chi connectivity index (χ1v) is 24.0. The molecule has 63 heavy (non-hydrogen) atoms. The lowest BCUT2D eigenvalue weighted by molar-refractivity contribution is -0.142. The Balaban J connectivity index is 1.15. The van der Waals surface area contributed by atoms with Gasteiger partial charge in [0.2, 0.25) is 27.7 Å². The normalized spacial score (nSPS) is 28.9. The standard InChI is InChI=1S/C45H58N6O11S/c1-2-29-25-45(29,42(54)50-63(58,59)31-20-21-31)49-39(52)35-24-30-26-51(35)41(53)37(28-13-6-7-14-28)48-44(57)62-36-19-10-15-27(36)12-4-3-5-17-33-38(60-23-11-22-46-43(55)56)32-16-8-9-18-34(32)47-40(33)61-30/h2-3,5,8-9,16,18,27-31,35-37,46H,1,4,6-7,10-15,17,19-26H2,(H,48,57)(H,49,52)(H,50,54)(H,55,56)/t27-,29-,30-,35+,36-,37+,45-/m1/s1. The molecule has 340 valence electrons. The Hall–Kier alpha value is -5.39. The van der Waals surface area contributed by atoms with E-state index in [-0.39, 0.29) is 56.4 Å². The zero-order chi connectivity index (χ0) is 44.3. The molecule has 4 saturated carbocycles. The van der Waals surface area contributed by atoms with Crippen molar-refractivity contribution in [1.82, 2.24) is 30.6 Å². The van der Waals surface area contributed by atoms with Gasteiger partial charge in [0, 0.05) is 24.3 Å². The van der Waals surface area contributed by atoms with E-state index in [0.717, 1.165) is 50.3 Å². The van der Waals surface area contributed by atoms with Gasteiger partial charge in [0.1, 0.15) is 35.6 Å². The summed E-state index contributed by atoms with van der Waals surface area (Å²) < 4.78 is 47.2. The van der Waals surface area contributed by atoms with Gasteiger partial charge < -0.3 is 40.2 Å². The van der Waals surface area contributed by atoms with Crippen molar-refractivity contribution in [3.63, 3.8) is 0 Å². The summed E-state index contributed by atoms with van der Waals surface area (Å²) in [5.74, 6) is -1.84. The molecule has 2 aliphatic heterocycles. The molecule has 7 atom stereocenters. The largest absolute Gasteiger partial charge is 0.492 e. The van der Waals surface area contributed by atoms with E-state index in [9.17, 15) is 27.6 Å². The number of fused-ring (bicyclic) bond motifs is 5. The zero-order valence-electron chi connectivity index (χ0n) is 35.4. The number of para-hydroxylation sites is 1. The van der Waals surface area contributed by atoms with Gasteiger partial charge in [-0.2, -0.15) is 0 Å². The van der Waals surface area contributed by atoms with E-state index in [0.29, 0.717) is 55.4 Å². The van der Waals surface area contributed by atoms with Crippen molar-refractivity contribution in [3.05, 3.63) is 54.6 Å². The lowest BCUT2D eigenvalue weighted by Crippen LogP contribution is -2.59. The summed E-state index contributed by atoms with van der Waals surface area (Å²) in [5, 5.41) is 17.3. The maximum atomic E-state index is 15.0. The SMILES string of the molecule is C=C[C@@H]1C[C@]1(NC(=O)[C@@H]1C[C@@H]2CN1C(=O)[C@H](C1CCCC1)NC(=O)O[C@@H]1CCC[C@H]1CCC=CCc1c(nc3ccccc3c1OCCCNC(=O)O)O2)C(=O)NS(=O)(=O)C1CC1. The fraction of sp³-hybridized carbons (Fsp3) is 0.600. The number of carbonyl (C=O) groups is 5. The minimum absolute atomic E-state index is 0.0131. The highest BCUT2D eigenvalue weighted by Gasteiger charge is 2.62. The monoisotopic (exact) mass is 890 g/mol. The molecule has 5 N–H and O–H groups in total. The van der Waals surface area contributed by atoms with Crippen molar-refractivity contribution in [2.75, 3.05) is 19.7 Å². The summed E-state index contributed by atoms with van der Waals surface area (Å²) in [6, 6.07) is 5.27. The highest BCUT2D eigenvalue weighted by Crippen LogP contribution is 2.46. The molecule has 1 aromatic carbocycles. The second-order valence-corrected chi connectivity index (χ2v) is 19.9. The predicted octanol–water partition coefficient (Wildman–Crippen LogP) is 4.64. The number of nitrogens with one attached hydrogen (secondary N) is 4. The van der Waals surface area contributed by atoms with E-state index in [1.165, 1.54) is 11.0 Å². The Bertz CT molecular complexity index is 2240. The van der Waals surface area contributed by atoms with E-state index >= 15 is 4.79 Å². The molecule has 1 aromatic heterocycles. The molecule has 0 spiro atoms. The van der Waals surface area contributed by atoms with Crippen LogP contribution in [0.5, 0.6) is 11.6 Å². The lowest BCUT2D eigenvalue weighted by atomic mass is 9.96. The molecular formula is C45H58N6O11S. The van der Waals surface area contributed by atoms with E-state index in [2.05, 4.69) is 33.3 Å². The number of alkyl carbamates (subject to hydrolysis) is 1. The molecular weight excluding hydrogens is 833 g/mol. The van der Waals surface area contributed by atoms with E-state index in [1.807, 2.05) is 30.3 Å². The number of hydrogen-bond donors (Lipinski definition) is 5. The van der Waals surface area contributed by atoms with Crippen molar-refractivity contribution in [1.29, 1.82) is 0 Å². The van der Waals surface area contributed by atoms with E-state index in [1.54, 1.807) is 0 Å². The van der Waals surface area contributed by atoms with Crippen LogP contribution in [0.4, 0.5) is 9.59 Å². The number of benzene rings is 1. The van der Waals surface area contributed by atoms with Gasteiger partial charge in [-0.25, -0.2) is 23.0 Å². The molecule has 2 aromatic rings. The topological polar surface area (TPSA) is 232 Å². The first-order valence-electron chi connectivity index (χ1n) is 22.5. The Morgan fingerprint density at radius 2 is 1.79 bits per heavy atom. The number of carboxylic acid groups (broad SMARTS) is 1. The van der Waals surface area contributed by atoms with Crippen molar-refractivity contribution < 1.29 is 51.7 Å². The molecule has 4 aliphatic carbocycles. The van der Waals surface area contributed by atoms with Crippen LogP contribution in [0.15, 0.2) is 49.1 Å². The van der Waals surface area contributed by atoms with Gasteiger partial charge in [0.15, 0.2) is 0 Å². The van der Waals surface area contributed by atoms with Gasteiger partial charge in [-0.1, -0.05) is 43.2 Å². The smallest absolute Gasteiger partial charge is 0.408 e. The van der Waals surface area contributed by atoms with Gasteiger partial charge in [-0.3, -0.25) is 19.1 Å². The fourth-order valence-electron chi connectivity index (χ4n) is 9.90. The molecule has 3 heterocycles. The van der Waals surface area contributed by atoms with Crippen LogP contribution >= 0.6 is 0 Å². The highest BCUT2D eigenvalue weighted by atomic mass is 32.2. The van der Waals surface area contributed by atoms with Crippen LogP contribution in [-0.2, 0) is 35.6 Å². The second kappa shape index (κ2) is 18.8. The first-order chi connectivity index (χ1) is 30.4. The predicted molar refractivity (Wildman–Crippen MR) is 230 cm³/mol. The van der Waals surface area contributed by atoms with Crippen molar-refractivity contribution in [3.8, 4) is 11.6 Å². The first kappa shape index (κ1) is 44.2. The third-order valence-corrected chi connectivity index (χ3v) is 15.4. The van der Waals surface area contributed by atoms with Crippen LogP contribution in [-0.4, -0.2) is 108 Å². The molecule has 0 radical (unpaired) electrons. The van der Waals surface area contributed by atoms with E-state index < -0.39 is 74.8 Å². The van der Waals surface area contributed by atoms with Crippen LogP contribution in [0, 0.1) is 17.8 Å². The summed E-state index contributed by atoms with van der Waals surface area (Å²) in [6.45, 7) is 4.13. The Morgan fingerprint density at radius 3 is 2.54 bits per heavy atom. The molecule has 5 fully saturated rings. The van der Waals surface area contributed by atoms with Crippen LogP contribution in [0.25, 0.3) is 10.9 Å². The van der Waals surface area contributed by atoms with Crippen LogP contribution in [0.2, 0.25) is 0 Å². The number of carbonyl (C=O) groups excluding carboxylic acids is 4. The number of ether oxygens (including phenoxy) is 3. The van der Waals surface area contributed by atoms with E-state index in [4.69, 9.17) is 24.3 Å². The Labute approximate surface area is 367 Å². The van der Waals surface area contributed by atoms with Crippen molar-refractivity contribution in [2.24, 2.45) is 17.8 Å². The number of aromatic nitrogens is 1. The minimum atomic E-state index is -3.94. The Morgan fingerprint density at radius 1 is 1.02 bits per heavy atom. The average Bonchev–Trinajstić information content (AvgIpc) is 4.04. The summed E-state index contributed by atoms with van der Waals surface area (Å²) in [5.41, 5.74) is -0.367. The fourth-order valence-corrected chi connectivity index (χ4v) is 11.3. The molecule has 5 amide bonds. The number of sulfonamides is 1. The quantitative estimate of drug-likeness (QED) is 0.145. The number of rotatable bonds is 12. The summed E-state index contributed by atoms with van der Waals surface area (Å²) in [4.78, 5) is 74.6. The van der Waals surface area contributed by atoms with Gasteiger partial charge >= 0.3 is 12.2 Å². The zero-order valence-corrected chi connectivity index (χ0v) is 36.2. The number of nitrogens with zero attached hydrogens (tertiary/aromatic N) is 2. The van der Waals surface area contributed by atoms with Crippen LogP contribution in [0.1, 0.15) is 95.5 Å². The summed E-state index contributed by atoms with van der Waals surface area (Å²) in [6.07, 6.45) is 11.7. The number of amides is 5. The lowest BCUT2D eigenvalue weighted by Gasteiger charge is -2.32. The second-order valence-electron chi connectivity index (χ2n) is 17.9. The Kier molecular flexibility index (Phi) is 13.2. The maximum absolute atomic E-state index is 15.0. The van der Waals surface area contributed by atoms with Crippen LogP contribution in [0.3, 0.4) is 0 Å². The van der Waals surface area contributed by atoms with Gasteiger partial charge in [0.05, 0.1) is 29.5 Å². The molecule has 17 nitrogen and oxygen atoms in total. The van der Waals surface area contributed by atoms with Crippen molar-refractivity contribution >= 4 is 50.8 Å². The van der Waals surface area contributed by atoms with Gasteiger partial charge in [0.25, 0.3) is 5.91 Å². The molecule has 18 heteroatoms. The maximum Gasteiger partial charge on any atom is 0.408 e. The third-order valence-electron chi connectivity index (χ3n) is 13.6. The average molecular weight is 891 g/mol. The summed E-state index contributed by atoms with van der Waals surface area (Å²) in [7, 11) is -3.94. The van der Waals surface area contributed by atoms with Gasteiger partial charge in [-0.05, 0) is 101 Å². The number of hydrogen-bond acceptors (Lipinski definition) is 11. The molecule has 0 unspecified atom stereocenters. The molecule has 2 bridgehead atoms. The van der Waals surface area contributed by atoms with Crippen LogP contribution < -0.4 is 30.1 Å². The third kappa shape index (κ3) is 9.90. The van der Waals surface area contributed by atoms with Gasteiger partial charge in [-0.15, -0.1) is 6.58 Å². The minimum Gasteiger partial charge on any atom is -0.492 e. The number of pyridine rings is 1.